The quantitative estimate of drug-likeness (QED) is 0.772. The Bertz CT molecular complexity index is 637. The third-order valence-corrected chi connectivity index (χ3v) is 2.58. The number of nitrogens with zero attached hydrogens (tertiary/aromatic N) is 1. The molecule has 2 aromatic rings. The third kappa shape index (κ3) is 1.56. The summed E-state index contributed by atoms with van der Waals surface area (Å²) >= 11 is 0. The van der Waals surface area contributed by atoms with Crippen LogP contribution in [0.25, 0.3) is 10.9 Å². The van der Waals surface area contributed by atoms with Gasteiger partial charge in [-0.1, -0.05) is 19.1 Å². The first-order valence-electron chi connectivity index (χ1n) is 5.28. The van der Waals surface area contributed by atoms with Crippen molar-refractivity contribution in [3.8, 4) is 0 Å². The average Bonchev–Trinajstić information content (AvgIpc) is 2.24. The van der Waals surface area contributed by atoms with E-state index < -0.39 is 11.4 Å². The van der Waals surface area contributed by atoms with E-state index in [1.807, 2.05) is 19.9 Å². The number of aromatic nitrogens is 1. The normalized spacial score (nSPS) is 10.9. The van der Waals surface area contributed by atoms with E-state index in [0.717, 1.165) is 12.0 Å². The van der Waals surface area contributed by atoms with Crippen molar-refractivity contribution in [2.45, 2.75) is 26.8 Å². The molecule has 0 saturated carbocycles. The summed E-state index contributed by atoms with van der Waals surface area (Å²) < 4.78 is 6.20. The highest BCUT2D eigenvalue weighted by Gasteiger charge is 2.10. The molecule has 4 nitrogen and oxygen atoms in total. The summed E-state index contributed by atoms with van der Waals surface area (Å²) in [5.74, 6) is -0.575. The fraction of sp³-hybridized carbons (Fsp3) is 0.333. The van der Waals surface area contributed by atoms with Gasteiger partial charge < -0.3 is 4.42 Å². The highest BCUT2D eigenvalue weighted by atomic mass is 16.4. The van der Waals surface area contributed by atoms with Gasteiger partial charge in [0.25, 0.3) is 0 Å². The van der Waals surface area contributed by atoms with Crippen molar-refractivity contribution in [3.05, 3.63) is 44.7 Å². The minimum Gasteiger partial charge on any atom is -0.372 e. The first kappa shape index (κ1) is 10.7. The third-order valence-electron chi connectivity index (χ3n) is 2.58. The van der Waals surface area contributed by atoms with Crippen molar-refractivity contribution in [3.63, 3.8) is 0 Å². The van der Waals surface area contributed by atoms with Crippen LogP contribution in [-0.2, 0) is 6.54 Å². The lowest BCUT2D eigenvalue weighted by Crippen LogP contribution is -2.25. The van der Waals surface area contributed by atoms with Crippen LogP contribution in [0.4, 0.5) is 0 Å². The molecule has 0 radical (unpaired) electrons. The van der Waals surface area contributed by atoms with E-state index in [-0.39, 0.29) is 0 Å². The van der Waals surface area contributed by atoms with Gasteiger partial charge in [-0.05, 0) is 25.0 Å². The van der Waals surface area contributed by atoms with Gasteiger partial charge in [0.05, 0.1) is 10.9 Å². The Hall–Kier alpha value is -1.84. The second-order valence-corrected chi connectivity index (χ2v) is 3.78. The molecular formula is C12H13NO3. The summed E-state index contributed by atoms with van der Waals surface area (Å²) in [5.41, 5.74) is 1.04. The molecule has 0 amide bonds. The van der Waals surface area contributed by atoms with Gasteiger partial charge in [-0.2, -0.15) is 0 Å². The molecule has 1 aromatic heterocycles. The van der Waals surface area contributed by atoms with Crippen LogP contribution < -0.4 is 11.4 Å². The molecule has 0 bridgehead atoms. The summed E-state index contributed by atoms with van der Waals surface area (Å²) in [6, 6.07) is 5.35. The van der Waals surface area contributed by atoms with Crippen LogP contribution >= 0.6 is 0 Å². The van der Waals surface area contributed by atoms with Crippen LogP contribution in [-0.4, -0.2) is 4.57 Å². The maximum absolute atomic E-state index is 11.6. The fourth-order valence-electron chi connectivity index (χ4n) is 1.89. The number of rotatable bonds is 2. The maximum Gasteiger partial charge on any atom is 0.422 e. The van der Waals surface area contributed by atoms with E-state index >= 15 is 0 Å². The fourth-order valence-corrected chi connectivity index (χ4v) is 1.89. The lowest BCUT2D eigenvalue weighted by molar-refractivity contribution is 0.414. The summed E-state index contributed by atoms with van der Waals surface area (Å²) in [4.78, 5) is 23.1. The van der Waals surface area contributed by atoms with Crippen LogP contribution in [0.15, 0.2) is 32.2 Å². The Morgan fingerprint density at radius 2 is 2.06 bits per heavy atom. The Labute approximate surface area is 92.1 Å². The van der Waals surface area contributed by atoms with Crippen molar-refractivity contribution in [1.82, 2.24) is 4.57 Å². The largest absolute Gasteiger partial charge is 0.422 e. The molecule has 1 heterocycles. The molecule has 0 aliphatic rings. The first-order chi connectivity index (χ1) is 7.65. The van der Waals surface area contributed by atoms with E-state index in [4.69, 9.17) is 0 Å². The standard InChI is InChI=1S/C12H13NO3/c1-3-7-13-10-8(2)5-4-6-9(10)11(14)16-12(13)15/h4-6H,3,7H2,1-2H3. The molecule has 0 fully saturated rings. The SMILES string of the molecule is CCCn1c(=O)oc(=O)c2cccc(C)c21. The smallest absolute Gasteiger partial charge is 0.372 e. The zero-order valence-corrected chi connectivity index (χ0v) is 9.32. The van der Waals surface area contributed by atoms with Crippen LogP contribution in [0.1, 0.15) is 18.9 Å². The van der Waals surface area contributed by atoms with Gasteiger partial charge >= 0.3 is 11.4 Å². The lowest BCUT2D eigenvalue weighted by atomic mass is 10.1. The van der Waals surface area contributed by atoms with E-state index in [1.54, 1.807) is 12.1 Å². The molecule has 0 spiro atoms. The molecule has 1 aromatic carbocycles. The molecule has 0 atom stereocenters. The van der Waals surface area contributed by atoms with E-state index in [0.29, 0.717) is 17.4 Å². The molecule has 16 heavy (non-hydrogen) atoms. The van der Waals surface area contributed by atoms with Crippen LogP contribution in [0.5, 0.6) is 0 Å². The topological polar surface area (TPSA) is 52.2 Å². The van der Waals surface area contributed by atoms with Crippen molar-refractivity contribution in [1.29, 1.82) is 0 Å². The highest BCUT2D eigenvalue weighted by Crippen LogP contribution is 2.13. The van der Waals surface area contributed by atoms with Crippen molar-refractivity contribution in [2.75, 3.05) is 0 Å². The molecule has 0 N–H and O–H groups in total. The van der Waals surface area contributed by atoms with Crippen LogP contribution in [0.2, 0.25) is 0 Å². The van der Waals surface area contributed by atoms with Gasteiger partial charge in [0.2, 0.25) is 0 Å². The summed E-state index contributed by atoms with van der Waals surface area (Å²) in [6.45, 7) is 4.42. The zero-order valence-electron chi connectivity index (χ0n) is 9.32. The van der Waals surface area contributed by atoms with E-state index in [2.05, 4.69) is 4.42 Å². The molecule has 0 saturated heterocycles. The van der Waals surface area contributed by atoms with Crippen LogP contribution in [0, 0.1) is 6.92 Å². The average molecular weight is 219 g/mol. The Kier molecular flexibility index (Phi) is 2.64. The van der Waals surface area contributed by atoms with Crippen molar-refractivity contribution in [2.24, 2.45) is 0 Å². The highest BCUT2D eigenvalue weighted by molar-refractivity contribution is 5.80. The summed E-state index contributed by atoms with van der Waals surface area (Å²) in [7, 11) is 0. The van der Waals surface area contributed by atoms with Gasteiger partial charge in [0.15, 0.2) is 0 Å². The Balaban J connectivity index is 2.98. The minimum atomic E-state index is -0.575. The zero-order chi connectivity index (χ0) is 11.7. The molecule has 4 heteroatoms. The molecule has 0 aliphatic heterocycles. The van der Waals surface area contributed by atoms with Gasteiger partial charge in [-0.3, -0.25) is 4.57 Å². The number of para-hydroxylation sites is 1. The molecule has 2 rings (SSSR count). The molecule has 84 valence electrons. The van der Waals surface area contributed by atoms with Gasteiger partial charge in [-0.25, -0.2) is 9.59 Å². The van der Waals surface area contributed by atoms with E-state index in [9.17, 15) is 9.59 Å². The number of aryl methyl sites for hydroxylation is 2. The molecule has 0 unspecified atom stereocenters. The summed E-state index contributed by atoms with van der Waals surface area (Å²) in [6.07, 6.45) is 0.817. The number of fused-ring (bicyclic) bond motifs is 1. The predicted molar refractivity (Wildman–Crippen MR) is 61.8 cm³/mol. The number of hydrogen-bond donors (Lipinski definition) is 0. The molecular weight excluding hydrogens is 206 g/mol. The van der Waals surface area contributed by atoms with Gasteiger partial charge in [-0.15, -0.1) is 0 Å². The second kappa shape index (κ2) is 3.96. The second-order valence-electron chi connectivity index (χ2n) is 3.78. The first-order valence-corrected chi connectivity index (χ1v) is 5.28. The maximum atomic E-state index is 11.6. The molecule has 0 aliphatic carbocycles. The minimum absolute atomic E-state index is 0.466. The lowest BCUT2D eigenvalue weighted by Gasteiger charge is -2.08. The van der Waals surface area contributed by atoms with Crippen molar-refractivity contribution < 1.29 is 4.42 Å². The van der Waals surface area contributed by atoms with Crippen molar-refractivity contribution >= 4 is 10.9 Å². The monoisotopic (exact) mass is 219 g/mol. The number of hydrogen-bond acceptors (Lipinski definition) is 3. The summed E-state index contributed by atoms with van der Waals surface area (Å²) in [5, 5.41) is 0.466. The Morgan fingerprint density at radius 3 is 2.75 bits per heavy atom. The Morgan fingerprint density at radius 1 is 1.31 bits per heavy atom. The number of benzene rings is 1. The van der Waals surface area contributed by atoms with Gasteiger partial charge in [0.1, 0.15) is 0 Å². The van der Waals surface area contributed by atoms with E-state index in [1.165, 1.54) is 4.57 Å². The predicted octanol–water partition coefficient (Wildman–Crippen LogP) is 1.67. The van der Waals surface area contributed by atoms with Gasteiger partial charge in [0, 0.05) is 6.54 Å². The van der Waals surface area contributed by atoms with Crippen LogP contribution in [0.3, 0.4) is 0 Å².